The van der Waals surface area contributed by atoms with Gasteiger partial charge in [0.15, 0.2) is 0 Å². The van der Waals surface area contributed by atoms with Crippen LogP contribution in [-0.2, 0) is 9.53 Å². The molecule has 34 heavy (non-hydrogen) atoms. The summed E-state index contributed by atoms with van der Waals surface area (Å²) in [6, 6.07) is 20.1. The van der Waals surface area contributed by atoms with Crippen molar-refractivity contribution in [3.8, 4) is 23.0 Å². The van der Waals surface area contributed by atoms with Gasteiger partial charge in [-0.25, -0.2) is 9.59 Å². The number of carboxylic acid groups (broad SMARTS) is 1. The molecule has 1 aliphatic rings. The Morgan fingerprint density at radius 2 is 1.62 bits per heavy atom. The number of alkyl carbamates (subject to hydrolysis) is 1. The van der Waals surface area contributed by atoms with E-state index in [1.165, 1.54) is 18.2 Å². The number of rotatable bonds is 5. The summed E-state index contributed by atoms with van der Waals surface area (Å²) in [6.07, 6.45) is -0.653. The van der Waals surface area contributed by atoms with Gasteiger partial charge in [-0.15, -0.1) is 0 Å². The molecule has 0 bridgehead atoms. The van der Waals surface area contributed by atoms with Crippen LogP contribution in [0.15, 0.2) is 66.7 Å². The third kappa shape index (κ3) is 5.03. The molecule has 0 radical (unpaired) electrons. The van der Waals surface area contributed by atoms with Gasteiger partial charge in [0.05, 0.1) is 17.8 Å². The fourth-order valence-corrected chi connectivity index (χ4v) is 4.02. The number of amides is 2. The second-order valence-corrected chi connectivity index (χ2v) is 7.87. The summed E-state index contributed by atoms with van der Waals surface area (Å²) < 4.78 is 5.40. The predicted molar refractivity (Wildman–Crippen MR) is 128 cm³/mol. The first-order valence-electron chi connectivity index (χ1n) is 10.4. The number of hydrogen-bond donors (Lipinski definition) is 3. The molecule has 3 aromatic rings. The van der Waals surface area contributed by atoms with E-state index in [0.717, 1.165) is 22.3 Å². The van der Waals surface area contributed by atoms with Gasteiger partial charge in [0.25, 0.3) is 5.91 Å². The van der Waals surface area contributed by atoms with Crippen molar-refractivity contribution in [1.29, 1.82) is 0 Å². The number of benzene rings is 3. The van der Waals surface area contributed by atoms with Crippen LogP contribution in [0.4, 0.5) is 10.5 Å². The first-order valence-corrected chi connectivity index (χ1v) is 10.7. The zero-order valence-electron chi connectivity index (χ0n) is 17.8. The van der Waals surface area contributed by atoms with E-state index in [-0.39, 0.29) is 35.3 Å². The van der Waals surface area contributed by atoms with Gasteiger partial charge in [-0.05, 0) is 46.4 Å². The molecule has 0 aromatic heterocycles. The largest absolute Gasteiger partial charge is 0.478 e. The number of carbonyl (C=O) groups is 3. The van der Waals surface area contributed by atoms with Gasteiger partial charge < -0.3 is 20.5 Å². The molecule has 0 atom stereocenters. The Morgan fingerprint density at radius 3 is 2.26 bits per heavy atom. The lowest BCUT2D eigenvalue weighted by molar-refractivity contribution is -0.111. The number of fused-ring (bicyclic) bond motifs is 3. The first kappa shape index (κ1) is 22.9. The van der Waals surface area contributed by atoms with Gasteiger partial charge in [0, 0.05) is 10.9 Å². The number of carboxylic acids is 1. The van der Waals surface area contributed by atoms with Crippen molar-refractivity contribution in [3.63, 3.8) is 0 Å². The van der Waals surface area contributed by atoms with E-state index >= 15 is 0 Å². The molecule has 0 heterocycles. The lowest BCUT2D eigenvalue weighted by Gasteiger charge is -2.14. The van der Waals surface area contributed by atoms with Gasteiger partial charge >= 0.3 is 12.1 Å². The maximum Gasteiger partial charge on any atom is 0.407 e. The molecule has 0 unspecified atom stereocenters. The summed E-state index contributed by atoms with van der Waals surface area (Å²) in [6.45, 7) is 0.0476. The maximum absolute atomic E-state index is 12.1. The Morgan fingerprint density at radius 1 is 0.971 bits per heavy atom. The fraction of sp³-hybridized carbons (Fsp3) is 0.115. The molecule has 3 N–H and O–H groups in total. The molecule has 2 amide bonds. The van der Waals surface area contributed by atoms with Gasteiger partial charge in [0.2, 0.25) is 0 Å². The van der Waals surface area contributed by atoms with Gasteiger partial charge in [-0.1, -0.05) is 66.1 Å². The summed E-state index contributed by atoms with van der Waals surface area (Å²) in [5, 5.41) is 14.3. The van der Waals surface area contributed by atoms with E-state index in [2.05, 4.69) is 34.6 Å². The molecule has 0 aliphatic heterocycles. The van der Waals surface area contributed by atoms with E-state index in [1.54, 1.807) is 0 Å². The Kier molecular flexibility index (Phi) is 6.81. The second kappa shape index (κ2) is 10.1. The van der Waals surface area contributed by atoms with E-state index in [1.807, 2.05) is 36.4 Å². The number of nitrogens with one attached hydrogen (secondary N) is 2. The van der Waals surface area contributed by atoms with Crippen molar-refractivity contribution in [2.45, 2.75) is 5.92 Å². The topological polar surface area (TPSA) is 105 Å². The zero-order valence-corrected chi connectivity index (χ0v) is 18.6. The highest BCUT2D eigenvalue weighted by Gasteiger charge is 2.28. The number of carbonyl (C=O) groups excluding carboxylic acids is 2. The highest BCUT2D eigenvalue weighted by atomic mass is 35.5. The Hall–Kier alpha value is -4.28. The molecule has 3 aromatic carbocycles. The quantitative estimate of drug-likeness (QED) is 0.472. The van der Waals surface area contributed by atoms with Crippen LogP contribution < -0.4 is 10.6 Å². The molecule has 4 rings (SSSR count). The van der Waals surface area contributed by atoms with Crippen LogP contribution >= 0.6 is 11.6 Å². The summed E-state index contributed by atoms with van der Waals surface area (Å²) in [5.41, 5.74) is 4.40. The maximum atomic E-state index is 12.1. The van der Waals surface area contributed by atoms with Crippen LogP contribution in [0.25, 0.3) is 11.1 Å². The Labute approximate surface area is 200 Å². The van der Waals surface area contributed by atoms with E-state index in [9.17, 15) is 19.5 Å². The van der Waals surface area contributed by atoms with Crippen LogP contribution in [0.3, 0.4) is 0 Å². The van der Waals surface area contributed by atoms with Crippen molar-refractivity contribution in [1.82, 2.24) is 5.32 Å². The highest BCUT2D eigenvalue weighted by molar-refractivity contribution is 6.31. The van der Waals surface area contributed by atoms with E-state index in [4.69, 9.17) is 16.3 Å². The van der Waals surface area contributed by atoms with E-state index in [0.29, 0.717) is 0 Å². The van der Waals surface area contributed by atoms with Gasteiger partial charge in [-0.3, -0.25) is 4.79 Å². The van der Waals surface area contributed by atoms with Crippen LogP contribution in [-0.4, -0.2) is 36.2 Å². The monoisotopic (exact) mass is 474 g/mol. The SMILES string of the molecule is O=C(C#CCNC(=O)OCC1c2ccccc2-c2ccccc21)Nc1cc(Cl)ccc1C(=O)O. The average Bonchev–Trinajstić information content (AvgIpc) is 3.14. The molecule has 0 saturated carbocycles. The van der Waals surface area contributed by atoms with Crippen LogP contribution in [0.5, 0.6) is 0 Å². The average molecular weight is 475 g/mol. The Balaban J connectivity index is 1.30. The molecular formula is C26H19ClN2O5. The summed E-state index contributed by atoms with van der Waals surface area (Å²) in [5.74, 6) is 2.79. The minimum Gasteiger partial charge on any atom is -0.478 e. The molecule has 0 spiro atoms. The highest BCUT2D eigenvalue weighted by Crippen LogP contribution is 2.44. The minimum atomic E-state index is -1.21. The molecule has 8 heteroatoms. The lowest BCUT2D eigenvalue weighted by atomic mass is 9.98. The predicted octanol–water partition coefficient (Wildman–Crippen LogP) is 4.52. The molecule has 1 aliphatic carbocycles. The van der Waals surface area contributed by atoms with E-state index < -0.39 is 18.0 Å². The standard InChI is InChI=1S/C26H19ClN2O5/c27-16-11-12-21(25(31)32)23(14-16)29-24(30)10-5-13-28-26(33)34-15-22-19-8-3-1-6-17(19)18-7-2-4-9-20(18)22/h1-4,6-9,11-12,14,22H,13,15H2,(H,28,33)(H,29,30)(H,31,32). The number of hydrogen-bond acceptors (Lipinski definition) is 4. The molecule has 7 nitrogen and oxygen atoms in total. The Bertz CT molecular complexity index is 1300. The minimum absolute atomic E-state index is 0.0313. The summed E-state index contributed by atoms with van der Waals surface area (Å²) in [4.78, 5) is 35.4. The first-order chi connectivity index (χ1) is 16.4. The third-order valence-corrected chi connectivity index (χ3v) is 5.56. The van der Waals surface area contributed by atoms with Crippen molar-refractivity contribution in [2.24, 2.45) is 0 Å². The zero-order chi connectivity index (χ0) is 24.1. The van der Waals surface area contributed by atoms with Gasteiger partial charge in [0.1, 0.15) is 6.61 Å². The number of aromatic carboxylic acids is 1. The van der Waals surface area contributed by atoms with Crippen LogP contribution in [0.1, 0.15) is 27.4 Å². The van der Waals surface area contributed by atoms with Crippen LogP contribution in [0, 0.1) is 11.8 Å². The molecular weight excluding hydrogens is 456 g/mol. The fourth-order valence-electron chi connectivity index (χ4n) is 3.85. The number of ether oxygens (including phenoxy) is 1. The third-order valence-electron chi connectivity index (χ3n) is 5.33. The number of anilines is 1. The second-order valence-electron chi connectivity index (χ2n) is 7.43. The van der Waals surface area contributed by atoms with Crippen LogP contribution in [0.2, 0.25) is 5.02 Å². The summed E-state index contributed by atoms with van der Waals surface area (Å²) >= 11 is 5.86. The summed E-state index contributed by atoms with van der Waals surface area (Å²) in [7, 11) is 0. The molecule has 170 valence electrons. The lowest BCUT2D eigenvalue weighted by Crippen LogP contribution is -2.26. The molecule has 0 fully saturated rings. The smallest absolute Gasteiger partial charge is 0.407 e. The van der Waals surface area contributed by atoms with Crippen molar-refractivity contribution in [2.75, 3.05) is 18.5 Å². The van der Waals surface area contributed by atoms with Crippen molar-refractivity contribution < 1.29 is 24.2 Å². The van der Waals surface area contributed by atoms with Crippen molar-refractivity contribution >= 4 is 35.3 Å². The number of halogens is 1. The van der Waals surface area contributed by atoms with Gasteiger partial charge in [-0.2, -0.15) is 0 Å². The van der Waals surface area contributed by atoms with Crippen molar-refractivity contribution in [3.05, 3.63) is 88.4 Å². The normalized spacial score (nSPS) is 11.4. The molecule has 0 saturated heterocycles.